The molecule has 5 heteroatoms. The molecule has 0 fully saturated rings. The van der Waals surface area contributed by atoms with E-state index in [4.69, 9.17) is 0 Å². The van der Waals surface area contributed by atoms with Crippen LogP contribution in [0.4, 0.5) is 0 Å². The maximum atomic E-state index is 12.9. The van der Waals surface area contributed by atoms with Crippen LogP contribution in [-0.2, 0) is 23.0 Å². The highest BCUT2D eigenvalue weighted by Gasteiger charge is 2.27. The van der Waals surface area contributed by atoms with E-state index < -0.39 is 10.0 Å². The average molecular weight is 308 g/mol. The van der Waals surface area contributed by atoms with Gasteiger partial charge in [-0.1, -0.05) is 30.7 Å². The zero-order chi connectivity index (χ0) is 15.5. The first kappa shape index (κ1) is 16.2. The largest absolute Gasteiger partial charge is 0.316 e. The summed E-state index contributed by atoms with van der Waals surface area (Å²) in [5, 5.41) is 3.07. The minimum Gasteiger partial charge on any atom is -0.316 e. The number of hydrogen-bond acceptors (Lipinski definition) is 3. The van der Waals surface area contributed by atoms with Crippen molar-refractivity contribution in [2.75, 3.05) is 20.1 Å². The van der Waals surface area contributed by atoms with Crippen LogP contribution in [-0.4, -0.2) is 32.9 Å². The number of aryl methyl sites for hydroxylation is 1. The summed E-state index contributed by atoms with van der Waals surface area (Å²) >= 11 is 0. The van der Waals surface area contributed by atoms with Crippen molar-refractivity contribution < 1.29 is 8.42 Å². The molecule has 1 heterocycles. The van der Waals surface area contributed by atoms with Gasteiger partial charge in [-0.3, -0.25) is 0 Å². The van der Waals surface area contributed by atoms with Crippen LogP contribution in [0.2, 0.25) is 0 Å². The summed E-state index contributed by atoms with van der Waals surface area (Å²) in [5.41, 5.74) is 3.15. The minimum atomic E-state index is -3.41. The third-order valence-corrected chi connectivity index (χ3v) is 5.86. The maximum Gasteiger partial charge on any atom is 0.243 e. The monoisotopic (exact) mass is 308 g/mol. The average Bonchev–Trinajstić information content (AvgIpc) is 2.48. The van der Waals surface area contributed by atoms with Crippen molar-refractivity contribution in [3.8, 4) is 0 Å². The maximum absolute atomic E-state index is 12.9. The van der Waals surface area contributed by atoms with Crippen LogP contribution in [0.5, 0.6) is 0 Å². The van der Waals surface area contributed by atoms with E-state index in [1.807, 2.05) is 38.2 Å². The summed E-state index contributed by atoms with van der Waals surface area (Å²) in [6.45, 7) is 5.77. The highest BCUT2D eigenvalue weighted by molar-refractivity contribution is 7.89. The summed E-state index contributed by atoms with van der Waals surface area (Å²) in [4.78, 5) is 0.464. The summed E-state index contributed by atoms with van der Waals surface area (Å²) in [7, 11) is -1.55. The topological polar surface area (TPSA) is 49.4 Å². The van der Waals surface area contributed by atoms with E-state index in [9.17, 15) is 8.42 Å². The Morgan fingerprint density at radius 2 is 2.10 bits per heavy atom. The standard InChI is InChI=1S/C16H24N2O2S/c1-4-15-6-5-14(12-17-3)11-16(15)21(19,20)18-9-7-13(2)8-10-18/h5-7,11,17H,4,8-10,12H2,1-3H3. The Morgan fingerprint density at radius 1 is 1.33 bits per heavy atom. The lowest BCUT2D eigenvalue weighted by Crippen LogP contribution is -2.35. The summed E-state index contributed by atoms with van der Waals surface area (Å²) < 4.78 is 27.4. The van der Waals surface area contributed by atoms with Crippen molar-refractivity contribution in [1.29, 1.82) is 0 Å². The molecule has 0 bridgehead atoms. The molecule has 4 nitrogen and oxygen atoms in total. The van der Waals surface area contributed by atoms with Gasteiger partial charge in [0.1, 0.15) is 0 Å². The normalized spacial score (nSPS) is 16.8. The van der Waals surface area contributed by atoms with Crippen molar-refractivity contribution in [3.63, 3.8) is 0 Å². The molecule has 0 spiro atoms. The molecule has 0 atom stereocenters. The molecule has 0 saturated carbocycles. The van der Waals surface area contributed by atoms with Crippen LogP contribution >= 0.6 is 0 Å². The molecular formula is C16H24N2O2S. The Kier molecular flexibility index (Phi) is 5.19. The fraction of sp³-hybridized carbons (Fsp3) is 0.500. The van der Waals surface area contributed by atoms with Crippen molar-refractivity contribution in [1.82, 2.24) is 9.62 Å². The summed E-state index contributed by atoms with van der Waals surface area (Å²) in [5.74, 6) is 0. The summed E-state index contributed by atoms with van der Waals surface area (Å²) in [6.07, 6.45) is 3.54. The molecule has 0 amide bonds. The van der Waals surface area contributed by atoms with Gasteiger partial charge in [-0.25, -0.2) is 8.42 Å². The van der Waals surface area contributed by atoms with Gasteiger partial charge >= 0.3 is 0 Å². The molecule has 21 heavy (non-hydrogen) atoms. The molecule has 1 aromatic rings. The fourth-order valence-corrected chi connectivity index (χ4v) is 4.28. The van der Waals surface area contributed by atoms with Gasteiger partial charge in [-0.05, 0) is 44.0 Å². The number of nitrogens with zero attached hydrogens (tertiary/aromatic N) is 1. The second-order valence-corrected chi connectivity index (χ2v) is 7.40. The molecule has 0 aromatic heterocycles. The lowest BCUT2D eigenvalue weighted by atomic mass is 10.1. The van der Waals surface area contributed by atoms with Crippen LogP contribution in [0.25, 0.3) is 0 Å². The van der Waals surface area contributed by atoms with E-state index in [-0.39, 0.29) is 0 Å². The van der Waals surface area contributed by atoms with Crippen LogP contribution in [0.1, 0.15) is 31.4 Å². The fourth-order valence-electron chi connectivity index (χ4n) is 2.55. The van der Waals surface area contributed by atoms with E-state index in [1.165, 1.54) is 5.57 Å². The molecule has 116 valence electrons. The van der Waals surface area contributed by atoms with Gasteiger partial charge in [-0.2, -0.15) is 4.31 Å². The van der Waals surface area contributed by atoms with Crippen LogP contribution < -0.4 is 5.32 Å². The summed E-state index contributed by atoms with van der Waals surface area (Å²) in [6, 6.07) is 5.75. The third-order valence-electron chi connectivity index (χ3n) is 3.91. The van der Waals surface area contributed by atoms with Crippen LogP contribution in [0.3, 0.4) is 0 Å². The van der Waals surface area contributed by atoms with Gasteiger partial charge in [0, 0.05) is 19.6 Å². The van der Waals surface area contributed by atoms with E-state index in [1.54, 1.807) is 4.31 Å². The zero-order valence-electron chi connectivity index (χ0n) is 13.0. The SMILES string of the molecule is CCc1ccc(CNC)cc1S(=O)(=O)N1CC=C(C)CC1. The predicted molar refractivity (Wildman–Crippen MR) is 85.7 cm³/mol. The number of nitrogens with one attached hydrogen (secondary N) is 1. The minimum absolute atomic E-state index is 0.464. The number of benzene rings is 1. The molecule has 0 unspecified atom stereocenters. The Hall–Kier alpha value is -1.17. The van der Waals surface area contributed by atoms with Gasteiger partial charge in [0.05, 0.1) is 4.90 Å². The van der Waals surface area contributed by atoms with Crippen molar-refractivity contribution in [3.05, 3.63) is 41.0 Å². The van der Waals surface area contributed by atoms with Crippen molar-refractivity contribution in [2.45, 2.75) is 38.1 Å². The van der Waals surface area contributed by atoms with Gasteiger partial charge in [0.25, 0.3) is 0 Å². The number of hydrogen-bond donors (Lipinski definition) is 1. The lowest BCUT2D eigenvalue weighted by Gasteiger charge is -2.26. The van der Waals surface area contributed by atoms with Crippen LogP contribution in [0, 0.1) is 0 Å². The predicted octanol–water partition coefficient (Wildman–Crippen LogP) is 2.31. The zero-order valence-corrected chi connectivity index (χ0v) is 13.8. The number of sulfonamides is 1. The highest BCUT2D eigenvalue weighted by atomic mass is 32.2. The van der Waals surface area contributed by atoms with E-state index in [2.05, 4.69) is 12.2 Å². The Morgan fingerprint density at radius 3 is 2.67 bits per heavy atom. The van der Waals surface area contributed by atoms with Gasteiger partial charge in [-0.15, -0.1) is 0 Å². The first-order valence-electron chi connectivity index (χ1n) is 7.41. The van der Waals surface area contributed by atoms with E-state index >= 15 is 0 Å². The molecule has 0 saturated heterocycles. The molecule has 0 aliphatic carbocycles. The molecule has 1 N–H and O–H groups in total. The third kappa shape index (κ3) is 3.54. The van der Waals surface area contributed by atoms with E-state index in [0.29, 0.717) is 24.5 Å². The first-order valence-corrected chi connectivity index (χ1v) is 8.85. The molecule has 0 radical (unpaired) electrons. The van der Waals surface area contributed by atoms with E-state index in [0.717, 1.165) is 24.0 Å². The van der Waals surface area contributed by atoms with Gasteiger partial charge < -0.3 is 5.32 Å². The molecule has 2 rings (SSSR count). The molecule has 1 aromatic carbocycles. The smallest absolute Gasteiger partial charge is 0.243 e. The second-order valence-electron chi connectivity index (χ2n) is 5.49. The highest BCUT2D eigenvalue weighted by Crippen LogP contribution is 2.25. The number of rotatable bonds is 5. The Labute approximate surface area is 127 Å². The van der Waals surface area contributed by atoms with Gasteiger partial charge in [0.15, 0.2) is 0 Å². The van der Waals surface area contributed by atoms with Crippen molar-refractivity contribution in [2.24, 2.45) is 0 Å². The molecule has 1 aliphatic rings. The Bertz CT molecular complexity index is 636. The quantitative estimate of drug-likeness (QED) is 0.849. The molecule has 1 aliphatic heterocycles. The van der Waals surface area contributed by atoms with Crippen LogP contribution in [0.15, 0.2) is 34.7 Å². The first-order chi connectivity index (χ1) is 9.98. The molecular weight excluding hydrogens is 284 g/mol. The van der Waals surface area contributed by atoms with Gasteiger partial charge in [0.2, 0.25) is 10.0 Å². The lowest BCUT2D eigenvalue weighted by molar-refractivity contribution is 0.431. The second kappa shape index (κ2) is 6.73. The Balaban J connectivity index is 2.40. The van der Waals surface area contributed by atoms with Crippen molar-refractivity contribution >= 4 is 10.0 Å².